The summed E-state index contributed by atoms with van der Waals surface area (Å²) in [6, 6.07) is 8.51. The first kappa shape index (κ1) is 16.4. The van der Waals surface area contributed by atoms with Gasteiger partial charge in [0, 0.05) is 13.8 Å². The first-order valence-electron chi connectivity index (χ1n) is 5.72. The van der Waals surface area contributed by atoms with Gasteiger partial charge in [0.05, 0.1) is 4.90 Å². The van der Waals surface area contributed by atoms with E-state index in [0.29, 0.717) is 8.95 Å². The minimum absolute atomic E-state index is 0.0684. The number of nitrogens with zero attached hydrogens (tertiary/aromatic N) is 1. The Kier molecular flexibility index (Phi) is 5.04. The van der Waals surface area contributed by atoms with Gasteiger partial charge < -0.3 is 0 Å². The summed E-state index contributed by atoms with van der Waals surface area (Å²) in [7, 11) is -3.87. The van der Waals surface area contributed by atoms with Gasteiger partial charge in [0.2, 0.25) is 9.84 Å². The van der Waals surface area contributed by atoms with E-state index in [0.717, 1.165) is 10.4 Å². The molecule has 21 heavy (non-hydrogen) atoms. The van der Waals surface area contributed by atoms with Crippen LogP contribution in [0, 0.1) is 18.3 Å². The highest BCUT2D eigenvalue weighted by Gasteiger charge is 2.24. The highest BCUT2D eigenvalue weighted by Crippen LogP contribution is 2.31. The lowest BCUT2D eigenvalue weighted by Crippen LogP contribution is -2.04. The Morgan fingerprint density at radius 2 is 2.05 bits per heavy atom. The highest BCUT2D eigenvalue weighted by atomic mass is 79.9. The van der Waals surface area contributed by atoms with Crippen molar-refractivity contribution in [2.24, 2.45) is 0 Å². The van der Waals surface area contributed by atoms with Crippen LogP contribution in [0.1, 0.15) is 10.4 Å². The molecule has 0 amide bonds. The Balaban J connectivity index is 2.62. The van der Waals surface area contributed by atoms with Gasteiger partial charge in [0.1, 0.15) is 6.07 Å². The molecule has 1 heterocycles. The number of thiophene rings is 1. The fourth-order valence-electron chi connectivity index (χ4n) is 1.62. The van der Waals surface area contributed by atoms with Crippen LogP contribution in [0.2, 0.25) is 0 Å². The van der Waals surface area contributed by atoms with E-state index < -0.39 is 9.84 Å². The summed E-state index contributed by atoms with van der Waals surface area (Å²) in [6.07, 6.45) is 1.42. The maximum atomic E-state index is 12.6. The van der Waals surface area contributed by atoms with Crippen molar-refractivity contribution >= 4 is 59.1 Å². The third kappa shape index (κ3) is 3.46. The number of hydrogen-bond acceptors (Lipinski definition) is 4. The normalized spacial score (nSPS) is 12.2. The van der Waals surface area contributed by atoms with Gasteiger partial charge >= 0.3 is 0 Å². The summed E-state index contributed by atoms with van der Waals surface area (Å²) < 4.78 is 26.3. The molecule has 1 aromatic carbocycles. The minimum Gasteiger partial charge on any atom is -0.218 e. The lowest BCUT2D eigenvalue weighted by molar-refractivity contribution is 0.603. The van der Waals surface area contributed by atoms with Crippen LogP contribution in [0.4, 0.5) is 0 Å². The van der Waals surface area contributed by atoms with Crippen LogP contribution in [0.15, 0.2) is 48.4 Å². The molecule has 0 bridgehead atoms. The number of aryl methyl sites for hydroxylation is 1. The zero-order valence-corrected chi connectivity index (χ0v) is 15.6. The van der Waals surface area contributed by atoms with Crippen LogP contribution in [0.3, 0.4) is 0 Å². The zero-order chi connectivity index (χ0) is 15.6. The molecular formula is C14H9Br2NO2S2. The second-order valence-corrected chi connectivity index (χ2v) is 8.77. The van der Waals surface area contributed by atoms with Crippen molar-refractivity contribution in [3.63, 3.8) is 0 Å². The average Bonchev–Trinajstić information content (AvgIpc) is 2.83. The van der Waals surface area contributed by atoms with Crippen molar-refractivity contribution in [3.8, 4) is 6.07 Å². The third-order valence-electron chi connectivity index (χ3n) is 2.75. The average molecular weight is 447 g/mol. The van der Waals surface area contributed by atoms with Gasteiger partial charge in [-0.3, -0.25) is 0 Å². The predicted molar refractivity (Wildman–Crippen MR) is 91.7 cm³/mol. The molecule has 0 spiro atoms. The largest absolute Gasteiger partial charge is 0.218 e. The molecule has 2 aromatic rings. The van der Waals surface area contributed by atoms with Crippen LogP contribution in [0.25, 0.3) is 6.08 Å². The molecule has 0 radical (unpaired) electrons. The van der Waals surface area contributed by atoms with Crippen LogP contribution >= 0.6 is 43.2 Å². The Hall–Kier alpha value is -0.940. The molecule has 7 heteroatoms. The van der Waals surface area contributed by atoms with E-state index in [1.165, 1.54) is 23.5 Å². The summed E-state index contributed by atoms with van der Waals surface area (Å²) in [4.78, 5) is 0.562. The Morgan fingerprint density at radius 1 is 1.33 bits per heavy atom. The number of halogens is 2. The SMILES string of the molecule is Cc1ccsc1C=C(C#N)S(=O)(=O)c1cc(Br)ccc1Br. The number of allylic oxidation sites excluding steroid dienone is 1. The first-order chi connectivity index (χ1) is 9.86. The smallest absolute Gasteiger partial charge is 0.217 e. The molecule has 108 valence electrons. The number of hydrogen-bond donors (Lipinski definition) is 0. The molecule has 3 nitrogen and oxygen atoms in total. The van der Waals surface area contributed by atoms with E-state index in [1.807, 2.05) is 18.4 Å². The van der Waals surface area contributed by atoms with Gasteiger partial charge in [0.25, 0.3) is 0 Å². The second kappa shape index (κ2) is 6.44. The molecule has 0 saturated carbocycles. The molecule has 0 aliphatic rings. The summed E-state index contributed by atoms with van der Waals surface area (Å²) in [5.41, 5.74) is 0.941. The molecule has 2 rings (SSSR count). The van der Waals surface area contributed by atoms with Crippen molar-refractivity contribution in [2.75, 3.05) is 0 Å². The fourth-order valence-corrected chi connectivity index (χ4v) is 5.19. The van der Waals surface area contributed by atoms with E-state index in [2.05, 4.69) is 31.9 Å². The van der Waals surface area contributed by atoms with Gasteiger partial charge in [0.15, 0.2) is 4.91 Å². The maximum Gasteiger partial charge on any atom is 0.217 e. The van der Waals surface area contributed by atoms with Crippen molar-refractivity contribution in [1.29, 1.82) is 5.26 Å². The number of rotatable bonds is 3. The molecule has 0 aliphatic heterocycles. The van der Waals surface area contributed by atoms with Crippen molar-refractivity contribution < 1.29 is 8.42 Å². The van der Waals surface area contributed by atoms with Gasteiger partial charge in [-0.2, -0.15) is 5.26 Å². The lowest BCUT2D eigenvalue weighted by Gasteiger charge is -2.06. The quantitative estimate of drug-likeness (QED) is 0.628. The number of nitriles is 1. The monoisotopic (exact) mass is 445 g/mol. The van der Waals surface area contributed by atoms with Gasteiger partial charge in [-0.15, -0.1) is 11.3 Å². The van der Waals surface area contributed by atoms with E-state index in [-0.39, 0.29) is 9.80 Å². The van der Waals surface area contributed by atoms with E-state index in [1.54, 1.807) is 18.2 Å². The van der Waals surface area contributed by atoms with Crippen LogP contribution in [-0.4, -0.2) is 8.42 Å². The van der Waals surface area contributed by atoms with E-state index in [4.69, 9.17) is 0 Å². The van der Waals surface area contributed by atoms with Gasteiger partial charge in [-0.1, -0.05) is 15.9 Å². The minimum atomic E-state index is -3.87. The molecule has 0 saturated heterocycles. The third-order valence-corrected chi connectivity index (χ3v) is 6.86. The number of benzene rings is 1. The first-order valence-corrected chi connectivity index (χ1v) is 9.67. The van der Waals surface area contributed by atoms with E-state index in [9.17, 15) is 13.7 Å². The van der Waals surface area contributed by atoms with Gasteiger partial charge in [-0.25, -0.2) is 8.42 Å². The van der Waals surface area contributed by atoms with Crippen molar-refractivity contribution in [1.82, 2.24) is 0 Å². The molecule has 0 unspecified atom stereocenters. The summed E-state index contributed by atoms with van der Waals surface area (Å²) in [6.45, 7) is 1.87. The topological polar surface area (TPSA) is 57.9 Å². The van der Waals surface area contributed by atoms with Gasteiger partial charge in [-0.05, 0) is 64.1 Å². The molecule has 0 N–H and O–H groups in total. The summed E-state index contributed by atoms with van der Waals surface area (Å²) in [5.74, 6) is 0. The zero-order valence-electron chi connectivity index (χ0n) is 10.8. The van der Waals surface area contributed by atoms with Crippen LogP contribution < -0.4 is 0 Å². The predicted octanol–water partition coefficient (Wildman–Crippen LogP) is 4.92. The Labute approximate surface area is 144 Å². The maximum absolute atomic E-state index is 12.6. The molecule has 0 aliphatic carbocycles. The fraction of sp³-hybridized carbons (Fsp3) is 0.0714. The highest BCUT2D eigenvalue weighted by molar-refractivity contribution is 9.11. The number of sulfone groups is 1. The Morgan fingerprint density at radius 3 is 2.62 bits per heavy atom. The lowest BCUT2D eigenvalue weighted by atomic mass is 10.3. The Bertz CT molecular complexity index is 861. The van der Waals surface area contributed by atoms with Crippen molar-refractivity contribution in [2.45, 2.75) is 11.8 Å². The summed E-state index contributed by atoms with van der Waals surface area (Å²) >= 11 is 7.87. The second-order valence-electron chi connectivity index (χ2n) is 4.17. The van der Waals surface area contributed by atoms with E-state index >= 15 is 0 Å². The molecule has 0 fully saturated rings. The van der Waals surface area contributed by atoms with Crippen LogP contribution in [-0.2, 0) is 9.84 Å². The molecule has 1 aromatic heterocycles. The van der Waals surface area contributed by atoms with Crippen LogP contribution in [0.5, 0.6) is 0 Å². The molecule has 0 atom stereocenters. The molecular weight excluding hydrogens is 438 g/mol. The summed E-state index contributed by atoms with van der Waals surface area (Å²) in [5, 5.41) is 11.1. The van der Waals surface area contributed by atoms with Crippen molar-refractivity contribution in [3.05, 3.63) is 53.9 Å². The standard InChI is InChI=1S/C14H9Br2NO2S2/c1-9-4-5-20-13(9)7-11(8-17)21(18,19)14-6-10(15)2-3-12(14)16/h2-7H,1H3.